The molecule has 0 aromatic rings. The number of hydrogen-bond acceptors (Lipinski definition) is 2. The Labute approximate surface area is 74.1 Å². The summed E-state index contributed by atoms with van der Waals surface area (Å²) >= 11 is 0. The van der Waals surface area contributed by atoms with Gasteiger partial charge in [-0.3, -0.25) is 0 Å². The predicted molar refractivity (Wildman–Crippen MR) is 39.2 cm³/mol. The molecule has 1 aliphatic carbocycles. The number of rotatable bonds is 2. The van der Waals surface area contributed by atoms with Gasteiger partial charge in [-0.15, -0.1) is 0 Å². The van der Waals surface area contributed by atoms with E-state index in [2.05, 4.69) is 0 Å². The van der Waals surface area contributed by atoms with Crippen molar-refractivity contribution in [2.24, 2.45) is 5.41 Å². The lowest BCUT2D eigenvalue weighted by molar-refractivity contribution is -0.214. The first kappa shape index (κ1) is 10.5. The van der Waals surface area contributed by atoms with Crippen molar-refractivity contribution >= 4 is 6.29 Å². The summed E-state index contributed by atoms with van der Waals surface area (Å²) < 4.78 is 42.1. The molecule has 0 aliphatic heterocycles. The van der Waals surface area contributed by atoms with Crippen molar-refractivity contribution in [3.63, 3.8) is 0 Å². The molecule has 1 aliphatic rings. The molecule has 1 rings (SSSR count). The van der Waals surface area contributed by atoms with Crippen LogP contribution in [-0.4, -0.2) is 25.7 Å². The Morgan fingerprint density at radius 2 is 2.15 bits per heavy atom. The van der Waals surface area contributed by atoms with Crippen LogP contribution in [0.25, 0.3) is 0 Å². The quantitative estimate of drug-likeness (QED) is 0.631. The molecule has 0 N–H and O–H groups in total. The molecule has 76 valence electrons. The van der Waals surface area contributed by atoms with Gasteiger partial charge in [0.05, 0.1) is 6.10 Å². The summed E-state index contributed by atoms with van der Waals surface area (Å²) in [4.78, 5) is 10.5. The van der Waals surface area contributed by atoms with Gasteiger partial charge in [-0.2, -0.15) is 13.2 Å². The number of carbonyl (C=O) groups is 1. The second-order valence-electron chi connectivity index (χ2n) is 3.37. The van der Waals surface area contributed by atoms with Gasteiger partial charge in [-0.05, 0) is 19.3 Å². The number of ether oxygens (including phenoxy) is 1. The highest BCUT2D eigenvalue weighted by Gasteiger charge is 2.58. The van der Waals surface area contributed by atoms with Gasteiger partial charge in [0.15, 0.2) is 0 Å². The lowest BCUT2D eigenvalue weighted by Crippen LogP contribution is -2.37. The smallest absolute Gasteiger partial charge is 0.381 e. The standard InChI is InChI=1S/C8H11F3O2/c1-13-6-2-3-7(4-6,5-12)8(9,10)11/h5-6H,2-4H2,1H3/t6-,7-/m1/s1. The zero-order valence-corrected chi connectivity index (χ0v) is 7.23. The summed E-state index contributed by atoms with van der Waals surface area (Å²) in [6.07, 6.45) is -4.95. The Hall–Kier alpha value is -0.580. The van der Waals surface area contributed by atoms with Crippen molar-refractivity contribution in [3.8, 4) is 0 Å². The fourth-order valence-electron chi connectivity index (χ4n) is 1.66. The van der Waals surface area contributed by atoms with Gasteiger partial charge in [-0.1, -0.05) is 0 Å². The third-order valence-electron chi connectivity index (χ3n) is 2.63. The zero-order valence-electron chi connectivity index (χ0n) is 7.23. The van der Waals surface area contributed by atoms with Crippen molar-refractivity contribution in [1.29, 1.82) is 0 Å². The monoisotopic (exact) mass is 196 g/mol. The molecular weight excluding hydrogens is 185 g/mol. The highest BCUT2D eigenvalue weighted by atomic mass is 19.4. The zero-order chi connectivity index (χ0) is 10.1. The average Bonchev–Trinajstić information content (AvgIpc) is 2.47. The van der Waals surface area contributed by atoms with Crippen molar-refractivity contribution in [2.75, 3.05) is 7.11 Å². The number of alkyl halides is 3. The molecule has 0 saturated heterocycles. The summed E-state index contributed by atoms with van der Waals surface area (Å²) in [6, 6.07) is 0. The molecule has 0 unspecified atom stereocenters. The molecule has 2 nitrogen and oxygen atoms in total. The Kier molecular flexibility index (Phi) is 2.66. The molecule has 13 heavy (non-hydrogen) atoms. The Morgan fingerprint density at radius 3 is 2.38 bits per heavy atom. The average molecular weight is 196 g/mol. The SMILES string of the molecule is CO[C@@H]1CC[C@@](C=O)(C(F)(F)F)C1. The molecule has 0 aromatic heterocycles. The second kappa shape index (κ2) is 3.29. The van der Waals surface area contributed by atoms with E-state index in [9.17, 15) is 18.0 Å². The van der Waals surface area contributed by atoms with Crippen LogP contribution in [0.2, 0.25) is 0 Å². The van der Waals surface area contributed by atoms with Gasteiger partial charge in [0.25, 0.3) is 0 Å². The van der Waals surface area contributed by atoms with Crippen LogP contribution in [0, 0.1) is 5.41 Å². The maximum atomic E-state index is 12.4. The summed E-state index contributed by atoms with van der Waals surface area (Å²) in [5.74, 6) is 0. The molecule has 5 heteroatoms. The number of carbonyl (C=O) groups excluding carboxylic acids is 1. The summed E-state index contributed by atoms with van der Waals surface area (Å²) in [5, 5.41) is 0. The molecule has 1 fully saturated rings. The van der Waals surface area contributed by atoms with Crippen LogP contribution in [0.15, 0.2) is 0 Å². The van der Waals surface area contributed by atoms with Crippen molar-refractivity contribution in [1.82, 2.24) is 0 Å². The number of hydrogen-bond donors (Lipinski definition) is 0. The molecule has 1 saturated carbocycles. The van der Waals surface area contributed by atoms with E-state index in [4.69, 9.17) is 4.74 Å². The summed E-state index contributed by atoms with van der Waals surface area (Å²) in [7, 11) is 1.36. The Morgan fingerprint density at radius 1 is 1.54 bits per heavy atom. The van der Waals surface area contributed by atoms with Gasteiger partial charge in [-0.25, -0.2) is 0 Å². The topological polar surface area (TPSA) is 26.3 Å². The van der Waals surface area contributed by atoms with Gasteiger partial charge < -0.3 is 9.53 Å². The highest BCUT2D eigenvalue weighted by molar-refractivity contribution is 5.61. The van der Waals surface area contributed by atoms with Gasteiger partial charge in [0.1, 0.15) is 11.7 Å². The summed E-state index contributed by atoms with van der Waals surface area (Å²) in [5.41, 5.74) is -2.16. The third-order valence-corrected chi connectivity index (χ3v) is 2.63. The lowest BCUT2D eigenvalue weighted by Gasteiger charge is -2.25. The largest absolute Gasteiger partial charge is 0.401 e. The molecule has 0 bridgehead atoms. The fraction of sp³-hybridized carbons (Fsp3) is 0.875. The van der Waals surface area contributed by atoms with Crippen LogP contribution in [0.5, 0.6) is 0 Å². The minimum atomic E-state index is -4.44. The van der Waals surface area contributed by atoms with Gasteiger partial charge in [0.2, 0.25) is 0 Å². The van der Waals surface area contributed by atoms with Crippen LogP contribution < -0.4 is 0 Å². The van der Waals surface area contributed by atoms with E-state index in [1.54, 1.807) is 0 Å². The molecular formula is C8H11F3O2. The Balaban J connectivity index is 2.80. The van der Waals surface area contributed by atoms with Crippen molar-refractivity contribution in [3.05, 3.63) is 0 Å². The molecule has 0 amide bonds. The van der Waals surface area contributed by atoms with Crippen LogP contribution in [0.1, 0.15) is 19.3 Å². The van der Waals surface area contributed by atoms with Crippen LogP contribution >= 0.6 is 0 Å². The van der Waals surface area contributed by atoms with E-state index in [1.165, 1.54) is 7.11 Å². The minimum Gasteiger partial charge on any atom is -0.381 e. The normalized spacial score (nSPS) is 34.9. The van der Waals surface area contributed by atoms with E-state index in [-0.39, 0.29) is 19.1 Å². The third kappa shape index (κ3) is 1.70. The molecule has 0 heterocycles. The van der Waals surface area contributed by atoms with Crippen LogP contribution in [0.4, 0.5) is 13.2 Å². The van der Waals surface area contributed by atoms with E-state index < -0.39 is 17.7 Å². The molecule has 2 atom stereocenters. The highest BCUT2D eigenvalue weighted by Crippen LogP contribution is 2.49. The van der Waals surface area contributed by atoms with E-state index in [0.717, 1.165) is 0 Å². The lowest BCUT2D eigenvalue weighted by atomic mass is 9.87. The van der Waals surface area contributed by atoms with E-state index >= 15 is 0 Å². The number of methoxy groups -OCH3 is 1. The minimum absolute atomic E-state index is 0.0199. The first-order valence-electron chi connectivity index (χ1n) is 4.01. The van der Waals surface area contributed by atoms with E-state index in [0.29, 0.717) is 6.42 Å². The van der Waals surface area contributed by atoms with Crippen LogP contribution in [0.3, 0.4) is 0 Å². The molecule has 0 aromatic carbocycles. The predicted octanol–water partition coefficient (Wildman–Crippen LogP) is 1.93. The maximum absolute atomic E-state index is 12.4. The van der Waals surface area contributed by atoms with E-state index in [1.807, 2.05) is 0 Å². The first-order chi connectivity index (χ1) is 5.95. The molecule has 0 radical (unpaired) electrons. The fourth-order valence-corrected chi connectivity index (χ4v) is 1.66. The Bertz CT molecular complexity index is 202. The maximum Gasteiger partial charge on any atom is 0.401 e. The first-order valence-corrected chi connectivity index (χ1v) is 4.01. The van der Waals surface area contributed by atoms with Crippen molar-refractivity contribution < 1.29 is 22.7 Å². The number of aldehydes is 1. The van der Waals surface area contributed by atoms with Gasteiger partial charge in [0, 0.05) is 7.11 Å². The van der Waals surface area contributed by atoms with Crippen LogP contribution in [-0.2, 0) is 9.53 Å². The van der Waals surface area contributed by atoms with Gasteiger partial charge >= 0.3 is 6.18 Å². The second-order valence-corrected chi connectivity index (χ2v) is 3.37. The number of halogens is 3. The summed E-state index contributed by atoms with van der Waals surface area (Å²) in [6.45, 7) is 0. The molecule has 0 spiro atoms. The van der Waals surface area contributed by atoms with Crippen molar-refractivity contribution in [2.45, 2.75) is 31.5 Å².